The second-order valence-electron chi connectivity index (χ2n) is 5.57. The van der Waals surface area contributed by atoms with Gasteiger partial charge in [-0.3, -0.25) is 4.79 Å². The zero-order valence-electron chi connectivity index (χ0n) is 14.1. The number of methoxy groups -OCH3 is 1. The Hall–Kier alpha value is -2.17. The maximum atomic E-state index is 12.7. The predicted molar refractivity (Wildman–Crippen MR) is 91.7 cm³/mol. The Morgan fingerprint density at radius 2 is 1.91 bits per heavy atom. The van der Waals surface area contributed by atoms with Gasteiger partial charge in [0, 0.05) is 18.0 Å². The minimum atomic E-state index is -0.284. The van der Waals surface area contributed by atoms with Crippen LogP contribution >= 0.6 is 0 Å². The molecule has 0 unspecified atom stereocenters. The van der Waals surface area contributed by atoms with E-state index in [0.29, 0.717) is 29.8 Å². The number of unbranched alkanes of at least 4 members (excludes halogenated alkanes) is 2. The molecule has 5 nitrogen and oxygen atoms in total. The van der Waals surface area contributed by atoms with E-state index in [9.17, 15) is 9.90 Å². The highest BCUT2D eigenvalue weighted by Gasteiger charge is 2.18. The number of pyridine rings is 1. The Morgan fingerprint density at radius 1 is 1.17 bits per heavy atom. The normalized spacial score (nSPS) is 10.9. The van der Waals surface area contributed by atoms with Gasteiger partial charge in [-0.25, -0.2) is 0 Å². The molecular weight excluding hydrogens is 294 g/mol. The topological polar surface area (TPSA) is 60.7 Å². The van der Waals surface area contributed by atoms with Crippen molar-refractivity contribution in [3.05, 3.63) is 28.6 Å². The van der Waals surface area contributed by atoms with Crippen LogP contribution in [0.2, 0.25) is 0 Å². The average molecular weight is 319 g/mol. The molecule has 0 aliphatic carbocycles. The second-order valence-corrected chi connectivity index (χ2v) is 5.57. The summed E-state index contributed by atoms with van der Waals surface area (Å²) in [6.07, 6.45) is 3.67. The van der Waals surface area contributed by atoms with E-state index in [4.69, 9.17) is 9.47 Å². The van der Waals surface area contributed by atoms with Gasteiger partial charge in [-0.15, -0.1) is 0 Å². The predicted octanol–water partition coefficient (Wildman–Crippen LogP) is 3.69. The zero-order chi connectivity index (χ0) is 16.8. The van der Waals surface area contributed by atoms with Gasteiger partial charge in [0.05, 0.1) is 19.2 Å². The number of hydrogen-bond acceptors (Lipinski definition) is 4. The summed E-state index contributed by atoms with van der Waals surface area (Å²) in [5.74, 6) is 0.616. The summed E-state index contributed by atoms with van der Waals surface area (Å²) in [6, 6.07) is 5.31. The first-order valence-corrected chi connectivity index (χ1v) is 8.20. The molecule has 23 heavy (non-hydrogen) atoms. The van der Waals surface area contributed by atoms with Gasteiger partial charge in [0.15, 0.2) is 5.75 Å². The third-order valence-electron chi connectivity index (χ3n) is 3.88. The molecule has 2 aromatic rings. The number of benzene rings is 1. The Kier molecular flexibility index (Phi) is 5.90. The fraction of sp³-hybridized carbons (Fsp3) is 0.500. The molecule has 2 rings (SSSR count). The van der Waals surface area contributed by atoms with Crippen molar-refractivity contribution < 1.29 is 14.6 Å². The van der Waals surface area contributed by atoms with Crippen LogP contribution in [0.15, 0.2) is 23.0 Å². The summed E-state index contributed by atoms with van der Waals surface area (Å²) < 4.78 is 12.5. The lowest BCUT2D eigenvalue weighted by Gasteiger charge is -2.16. The molecule has 1 heterocycles. The maximum Gasteiger partial charge on any atom is 0.297 e. The molecule has 5 heteroatoms. The number of fused-ring (bicyclic) bond motifs is 1. The van der Waals surface area contributed by atoms with Gasteiger partial charge in [-0.2, -0.15) is 0 Å². The van der Waals surface area contributed by atoms with Gasteiger partial charge in [-0.1, -0.05) is 26.7 Å². The van der Waals surface area contributed by atoms with Crippen molar-refractivity contribution in [2.75, 3.05) is 13.7 Å². The molecule has 0 saturated heterocycles. The number of aromatic hydroxyl groups is 1. The van der Waals surface area contributed by atoms with E-state index in [2.05, 4.69) is 13.8 Å². The summed E-state index contributed by atoms with van der Waals surface area (Å²) in [5, 5.41) is 11.1. The van der Waals surface area contributed by atoms with Crippen LogP contribution in [-0.4, -0.2) is 23.4 Å². The quantitative estimate of drug-likeness (QED) is 0.754. The standard InChI is InChI=1S/C18H25NO4/c1-4-6-10-19-15-12-13(22-3)8-9-14(15)16(20)17(18(19)21)23-11-7-5-2/h8-9,12,20H,4-7,10-11H2,1-3H3. The van der Waals surface area contributed by atoms with Crippen molar-refractivity contribution in [2.24, 2.45) is 0 Å². The third kappa shape index (κ3) is 3.60. The molecule has 0 saturated carbocycles. The molecule has 1 N–H and O–H groups in total. The number of aromatic nitrogens is 1. The van der Waals surface area contributed by atoms with Crippen LogP contribution < -0.4 is 15.0 Å². The third-order valence-corrected chi connectivity index (χ3v) is 3.88. The van der Waals surface area contributed by atoms with Crippen LogP contribution in [-0.2, 0) is 6.54 Å². The Bertz CT molecular complexity index is 721. The first-order chi connectivity index (χ1) is 11.1. The molecule has 0 aliphatic rings. The van der Waals surface area contributed by atoms with Gasteiger partial charge >= 0.3 is 0 Å². The van der Waals surface area contributed by atoms with Crippen molar-refractivity contribution in [1.29, 1.82) is 0 Å². The van der Waals surface area contributed by atoms with Crippen LogP contribution in [0.5, 0.6) is 17.2 Å². The summed E-state index contributed by atoms with van der Waals surface area (Å²) in [5.41, 5.74) is 0.385. The molecule has 126 valence electrons. The first-order valence-electron chi connectivity index (χ1n) is 8.20. The van der Waals surface area contributed by atoms with Crippen LogP contribution in [0.25, 0.3) is 10.9 Å². The van der Waals surface area contributed by atoms with E-state index in [1.165, 1.54) is 0 Å². The van der Waals surface area contributed by atoms with Crippen LogP contribution in [0.4, 0.5) is 0 Å². The maximum absolute atomic E-state index is 12.7. The fourth-order valence-electron chi connectivity index (χ4n) is 2.50. The summed E-state index contributed by atoms with van der Waals surface area (Å²) >= 11 is 0. The summed E-state index contributed by atoms with van der Waals surface area (Å²) in [4.78, 5) is 12.7. The van der Waals surface area contributed by atoms with E-state index in [1.54, 1.807) is 29.9 Å². The van der Waals surface area contributed by atoms with Crippen molar-refractivity contribution in [3.63, 3.8) is 0 Å². The molecule has 0 radical (unpaired) electrons. The molecule has 0 atom stereocenters. The number of hydrogen-bond donors (Lipinski definition) is 1. The SMILES string of the molecule is CCCCOc1c(O)c2ccc(OC)cc2n(CCCC)c1=O. The Labute approximate surface area is 136 Å². The highest BCUT2D eigenvalue weighted by Crippen LogP contribution is 2.33. The molecule has 0 aliphatic heterocycles. The van der Waals surface area contributed by atoms with Crippen molar-refractivity contribution in [2.45, 2.75) is 46.1 Å². The molecular formula is C18H25NO4. The average Bonchev–Trinajstić information content (AvgIpc) is 2.57. The highest BCUT2D eigenvalue weighted by molar-refractivity contribution is 5.88. The van der Waals surface area contributed by atoms with Crippen molar-refractivity contribution in [3.8, 4) is 17.2 Å². The second kappa shape index (κ2) is 7.90. The van der Waals surface area contributed by atoms with Gasteiger partial charge in [0.1, 0.15) is 5.75 Å². The van der Waals surface area contributed by atoms with E-state index in [1.807, 2.05) is 0 Å². The monoisotopic (exact) mass is 319 g/mol. The number of ether oxygens (including phenoxy) is 2. The zero-order valence-corrected chi connectivity index (χ0v) is 14.1. The van der Waals surface area contributed by atoms with Crippen LogP contribution in [0.1, 0.15) is 39.5 Å². The van der Waals surface area contributed by atoms with E-state index >= 15 is 0 Å². The molecule has 1 aromatic heterocycles. The lowest BCUT2D eigenvalue weighted by Crippen LogP contribution is -2.23. The fourth-order valence-corrected chi connectivity index (χ4v) is 2.50. The first kappa shape index (κ1) is 17.2. The number of aryl methyl sites for hydroxylation is 1. The van der Waals surface area contributed by atoms with Gasteiger partial charge in [0.25, 0.3) is 5.56 Å². The van der Waals surface area contributed by atoms with E-state index in [0.717, 1.165) is 25.7 Å². The number of nitrogens with zero attached hydrogens (tertiary/aromatic N) is 1. The van der Waals surface area contributed by atoms with Gasteiger partial charge < -0.3 is 19.1 Å². The van der Waals surface area contributed by atoms with Crippen LogP contribution in [0, 0.1) is 0 Å². The molecule has 1 aromatic carbocycles. The minimum absolute atomic E-state index is 0.0484. The summed E-state index contributed by atoms with van der Waals surface area (Å²) in [6.45, 7) is 5.14. The largest absolute Gasteiger partial charge is 0.504 e. The molecule has 0 bridgehead atoms. The van der Waals surface area contributed by atoms with Crippen molar-refractivity contribution >= 4 is 10.9 Å². The van der Waals surface area contributed by atoms with E-state index < -0.39 is 0 Å². The lowest BCUT2D eigenvalue weighted by molar-refractivity contribution is 0.287. The molecule has 0 amide bonds. The highest BCUT2D eigenvalue weighted by atomic mass is 16.5. The molecule has 0 fully saturated rings. The van der Waals surface area contributed by atoms with Gasteiger partial charge in [0.2, 0.25) is 5.75 Å². The molecule has 0 spiro atoms. The van der Waals surface area contributed by atoms with Gasteiger partial charge in [-0.05, 0) is 25.0 Å². The Balaban J connectivity index is 2.61. The minimum Gasteiger partial charge on any atom is -0.504 e. The summed E-state index contributed by atoms with van der Waals surface area (Å²) in [7, 11) is 1.58. The lowest BCUT2D eigenvalue weighted by atomic mass is 10.1. The van der Waals surface area contributed by atoms with E-state index in [-0.39, 0.29) is 17.1 Å². The smallest absolute Gasteiger partial charge is 0.297 e. The van der Waals surface area contributed by atoms with Crippen molar-refractivity contribution in [1.82, 2.24) is 4.57 Å². The Morgan fingerprint density at radius 3 is 2.57 bits per heavy atom. The van der Waals surface area contributed by atoms with Crippen LogP contribution in [0.3, 0.4) is 0 Å². The number of rotatable bonds is 8.